The first-order chi connectivity index (χ1) is 14.7. The summed E-state index contributed by atoms with van der Waals surface area (Å²) in [5, 5.41) is 5.31. The van der Waals surface area contributed by atoms with Crippen molar-refractivity contribution in [3.05, 3.63) is 70.0 Å². The van der Waals surface area contributed by atoms with Crippen LogP contribution >= 0.6 is 46.3 Å². The van der Waals surface area contributed by atoms with Gasteiger partial charge in [0, 0.05) is 21.7 Å². The van der Waals surface area contributed by atoms with Gasteiger partial charge in [0.1, 0.15) is 0 Å². The van der Waals surface area contributed by atoms with Crippen LogP contribution in [0.15, 0.2) is 53.7 Å². The number of hydrogen-bond acceptors (Lipinski definition) is 4. The summed E-state index contributed by atoms with van der Waals surface area (Å²) in [7, 11) is 0. The number of benzene rings is 1. The van der Waals surface area contributed by atoms with E-state index in [0.29, 0.717) is 9.90 Å². The Labute approximate surface area is 194 Å². The van der Waals surface area contributed by atoms with Crippen molar-refractivity contribution < 1.29 is 13.2 Å². The SMILES string of the molecule is CSc1ncc(-c2ccc(-c3cc(C(F)(F)F)nn3-c3cc(Cl)ccc3Cl)s2)cc1C. The van der Waals surface area contributed by atoms with Crippen LogP contribution in [0.4, 0.5) is 13.2 Å². The quantitative estimate of drug-likeness (QED) is 0.266. The number of nitrogens with zero attached hydrogens (tertiary/aromatic N) is 3. The second kappa shape index (κ2) is 8.50. The van der Waals surface area contributed by atoms with E-state index in [1.807, 2.05) is 25.3 Å². The van der Waals surface area contributed by atoms with Gasteiger partial charge in [0.05, 0.1) is 26.3 Å². The fourth-order valence-corrected chi connectivity index (χ4v) is 4.96. The van der Waals surface area contributed by atoms with Crippen LogP contribution in [0, 0.1) is 6.92 Å². The monoisotopic (exact) mass is 499 g/mol. The van der Waals surface area contributed by atoms with Gasteiger partial charge in [0.25, 0.3) is 0 Å². The second-order valence-electron chi connectivity index (χ2n) is 6.63. The van der Waals surface area contributed by atoms with Crippen molar-refractivity contribution in [1.82, 2.24) is 14.8 Å². The Morgan fingerprint density at radius 2 is 1.77 bits per heavy atom. The molecule has 1 aromatic carbocycles. The van der Waals surface area contributed by atoms with E-state index in [2.05, 4.69) is 10.1 Å². The summed E-state index contributed by atoms with van der Waals surface area (Å²) in [5.74, 6) is 0. The second-order valence-corrected chi connectivity index (χ2v) is 9.36. The summed E-state index contributed by atoms with van der Waals surface area (Å²) < 4.78 is 41.5. The van der Waals surface area contributed by atoms with E-state index in [4.69, 9.17) is 23.2 Å². The van der Waals surface area contributed by atoms with Gasteiger partial charge in [-0.1, -0.05) is 23.2 Å². The van der Waals surface area contributed by atoms with Crippen molar-refractivity contribution in [1.29, 1.82) is 0 Å². The molecule has 0 saturated heterocycles. The molecule has 0 atom stereocenters. The molecule has 4 aromatic rings. The topological polar surface area (TPSA) is 30.7 Å². The molecule has 0 saturated carbocycles. The van der Waals surface area contributed by atoms with Gasteiger partial charge in [-0.05, 0) is 61.2 Å². The minimum absolute atomic E-state index is 0.242. The van der Waals surface area contributed by atoms with Crippen LogP contribution in [0.1, 0.15) is 11.3 Å². The minimum Gasteiger partial charge on any atom is -0.249 e. The maximum absolute atomic E-state index is 13.4. The highest BCUT2D eigenvalue weighted by Crippen LogP contribution is 2.40. The van der Waals surface area contributed by atoms with Gasteiger partial charge < -0.3 is 0 Å². The maximum Gasteiger partial charge on any atom is 0.435 e. The van der Waals surface area contributed by atoms with E-state index in [-0.39, 0.29) is 16.4 Å². The van der Waals surface area contributed by atoms with E-state index in [1.54, 1.807) is 30.1 Å². The Hall–Kier alpha value is -2.00. The average Bonchev–Trinajstić information content (AvgIpc) is 3.36. The van der Waals surface area contributed by atoms with Crippen molar-refractivity contribution >= 4 is 46.3 Å². The van der Waals surface area contributed by atoms with Crippen LogP contribution in [0.2, 0.25) is 10.0 Å². The molecule has 3 aromatic heterocycles. The van der Waals surface area contributed by atoms with Crippen molar-refractivity contribution in [3.63, 3.8) is 0 Å². The first-order valence-corrected chi connectivity index (χ1v) is 11.7. The molecule has 160 valence electrons. The zero-order valence-corrected chi connectivity index (χ0v) is 19.3. The zero-order valence-electron chi connectivity index (χ0n) is 16.2. The zero-order chi connectivity index (χ0) is 22.3. The molecule has 0 N–H and O–H groups in total. The van der Waals surface area contributed by atoms with Crippen molar-refractivity contribution in [2.75, 3.05) is 6.26 Å². The smallest absolute Gasteiger partial charge is 0.249 e. The third-order valence-electron chi connectivity index (χ3n) is 4.50. The minimum atomic E-state index is -4.60. The standard InChI is InChI=1S/C21H14Cl2F3N3S2/c1-11-7-12(10-27-20(11)30-2)17-5-6-18(31-17)16-9-19(21(24,25)26)28-29(16)15-8-13(22)3-4-14(15)23/h3-10H,1-2H3. The summed E-state index contributed by atoms with van der Waals surface area (Å²) in [6.07, 6.45) is -0.876. The maximum atomic E-state index is 13.4. The molecule has 0 bridgehead atoms. The Morgan fingerprint density at radius 1 is 1.03 bits per heavy atom. The number of rotatable bonds is 4. The van der Waals surface area contributed by atoms with E-state index < -0.39 is 11.9 Å². The Morgan fingerprint density at radius 3 is 2.45 bits per heavy atom. The lowest BCUT2D eigenvalue weighted by Gasteiger charge is -2.09. The fraction of sp³-hybridized carbons (Fsp3) is 0.143. The Bertz CT molecular complexity index is 1270. The number of thioether (sulfide) groups is 1. The summed E-state index contributed by atoms with van der Waals surface area (Å²) >= 11 is 15.2. The highest BCUT2D eigenvalue weighted by atomic mass is 35.5. The number of hydrogen-bond donors (Lipinski definition) is 0. The molecule has 3 heterocycles. The van der Waals surface area contributed by atoms with E-state index in [9.17, 15) is 13.2 Å². The average molecular weight is 500 g/mol. The molecular formula is C21H14Cl2F3N3S2. The molecule has 4 rings (SSSR count). The van der Waals surface area contributed by atoms with Gasteiger partial charge >= 0.3 is 6.18 Å². The lowest BCUT2D eigenvalue weighted by Crippen LogP contribution is -2.07. The molecular weight excluding hydrogens is 486 g/mol. The van der Waals surface area contributed by atoms with Crippen LogP contribution in [-0.2, 0) is 6.18 Å². The molecule has 10 heteroatoms. The Kier molecular flexibility index (Phi) is 6.09. The van der Waals surface area contributed by atoms with Crippen molar-refractivity contribution in [2.45, 2.75) is 18.1 Å². The predicted molar refractivity (Wildman–Crippen MR) is 122 cm³/mol. The number of aryl methyl sites for hydroxylation is 1. The lowest BCUT2D eigenvalue weighted by molar-refractivity contribution is -0.141. The highest BCUT2D eigenvalue weighted by molar-refractivity contribution is 7.98. The van der Waals surface area contributed by atoms with Gasteiger partial charge in [0.15, 0.2) is 5.69 Å². The summed E-state index contributed by atoms with van der Waals surface area (Å²) in [4.78, 5) is 5.95. The van der Waals surface area contributed by atoms with Crippen LogP contribution in [0.3, 0.4) is 0 Å². The molecule has 0 radical (unpaired) electrons. The van der Waals surface area contributed by atoms with E-state index in [0.717, 1.165) is 27.1 Å². The van der Waals surface area contributed by atoms with Gasteiger partial charge in [-0.25, -0.2) is 9.67 Å². The van der Waals surface area contributed by atoms with Crippen LogP contribution < -0.4 is 0 Å². The number of halogens is 5. The number of aromatic nitrogens is 3. The third kappa shape index (κ3) is 4.48. The summed E-state index contributed by atoms with van der Waals surface area (Å²) in [6, 6.07) is 11.2. The van der Waals surface area contributed by atoms with Crippen molar-refractivity contribution in [3.8, 4) is 26.7 Å². The molecule has 3 nitrogen and oxygen atoms in total. The largest absolute Gasteiger partial charge is 0.435 e. The molecule has 31 heavy (non-hydrogen) atoms. The first kappa shape index (κ1) is 22.2. The molecule has 0 spiro atoms. The number of pyridine rings is 1. The molecule has 0 unspecified atom stereocenters. The summed E-state index contributed by atoms with van der Waals surface area (Å²) in [6.45, 7) is 1.97. The molecule has 0 aliphatic heterocycles. The molecule has 0 aliphatic rings. The van der Waals surface area contributed by atoms with E-state index in [1.165, 1.54) is 28.2 Å². The first-order valence-electron chi connectivity index (χ1n) is 8.91. The molecule has 0 aliphatic carbocycles. The van der Waals surface area contributed by atoms with Gasteiger partial charge in [-0.3, -0.25) is 0 Å². The van der Waals surface area contributed by atoms with Gasteiger partial charge in [-0.2, -0.15) is 18.3 Å². The Balaban J connectivity index is 1.84. The number of thiophene rings is 1. The highest BCUT2D eigenvalue weighted by Gasteiger charge is 2.35. The van der Waals surface area contributed by atoms with Crippen LogP contribution in [0.5, 0.6) is 0 Å². The lowest BCUT2D eigenvalue weighted by atomic mass is 10.2. The molecule has 0 amide bonds. The van der Waals surface area contributed by atoms with Gasteiger partial charge in [-0.15, -0.1) is 23.1 Å². The van der Waals surface area contributed by atoms with E-state index >= 15 is 0 Å². The predicted octanol–water partition coefficient (Wildman–Crippen LogP) is 8.02. The summed E-state index contributed by atoms with van der Waals surface area (Å²) in [5.41, 5.74) is 1.48. The third-order valence-corrected chi connectivity index (χ3v) is 7.03. The fourth-order valence-electron chi connectivity index (χ4n) is 3.07. The van der Waals surface area contributed by atoms with Crippen molar-refractivity contribution in [2.24, 2.45) is 0 Å². The van der Waals surface area contributed by atoms with Gasteiger partial charge in [0.2, 0.25) is 0 Å². The normalized spacial score (nSPS) is 11.8. The van der Waals surface area contributed by atoms with Crippen LogP contribution in [-0.4, -0.2) is 21.0 Å². The van der Waals surface area contributed by atoms with Crippen LogP contribution in [0.25, 0.3) is 26.7 Å². The molecule has 0 fully saturated rings. The number of alkyl halides is 3.